The predicted molar refractivity (Wildman–Crippen MR) is 109 cm³/mol. The topological polar surface area (TPSA) is 55.6 Å². The molecule has 1 amide bonds. The molecule has 6 heteroatoms. The summed E-state index contributed by atoms with van der Waals surface area (Å²) in [5.74, 6) is 0.703. The Bertz CT molecular complexity index is 1130. The number of methoxy groups -OCH3 is 1. The summed E-state index contributed by atoms with van der Waals surface area (Å²) < 4.78 is 7.17. The Kier molecular flexibility index (Phi) is 4.41. The van der Waals surface area contributed by atoms with Crippen molar-refractivity contribution in [1.29, 1.82) is 0 Å². The van der Waals surface area contributed by atoms with Crippen molar-refractivity contribution in [2.24, 2.45) is 0 Å². The average Bonchev–Trinajstić information content (AvgIpc) is 3.23. The molecule has 0 aliphatic rings. The summed E-state index contributed by atoms with van der Waals surface area (Å²) in [6, 6.07) is 15.5. The first-order chi connectivity index (χ1) is 13.1. The fourth-order valence-corrected chi connectivity index (χ4v) is 3.96. The number of anilines is 1. The Morgan fingerprint density at radius 1 is 1.11 bits per heavy atom. The van der Waals surface area contributed by atoms with Gasteiger partial charge in [-0.3, -0.25) is 9.20 Å². The average molecular weight is 377 g/mol. The zero-order valence-electron chi connectivity index (χ0n) is 15.3. The van der Waals surface area contributed by atoms with Crippen LogP contribution in [0.2, 0.25) is 0 Å². The van der Waals surface area contributed by atoms with Gasteiger partial charge in [0.05, 0.1) is 12.8 Å². The maximum Gasteiger partial charge on any atom is 0.267 e. The largest absolute Gasteiger partial charge is 0.497 e. The number of aromatic nitrogens is 2. The summed E-state index contributed by atoms with van der Waals surface area (Å²) in [5.41, 5.74) is 4.63. The second kappa shape index (κ2) is 6.89. The molecule has 4 rings (SSSR count). The highest BCUT2D eigenvalue weighted by Crippen LogP contribution is 2.29. The van der Waals surface area contributed by atoms with Crippen LogP contribution in [0.3, 0.4) is 0 Å². The number of thiazole rings is 1. The third kappa shape index (κ3) is 3.19. The van der Waals surface area contributed by atoms with Crippen molar-refractivity contribution in [1.82, 2.24) is 9.38 Å². The Balaban J connectivity index is 1.64. The van der Waals surface area contributed by atoms with Crippen LogP contribution in [-0.4, -0.2) is 22.4 Å². The van der Waals surface area contributed by atoms with E-state index in [9.17, 15) is 4.79 Å². The zero-order valence-corrected chi connectivity index (χ0v) is 16.1. The fraction of sp³-hybridized carbons (Fsp3) is 0.143. The van der Waals surface area contributed by atoms with Crippen molar-refractivity contribution < 1.29 is 9.53 Å². The quantitative estimate of drug-likeness (QED) is 0.548. The molecule has 0 atom stereocenters. The molecule has 0 spiro atoms. The molecule has 0 unspecified atom stereocenters. The van der Waals surface area contributed by atoms with E-state index in [4.69, 9.17) is 4.74 Å². The summed E-state index contributed by atoms with van der Waals surface area (Å²) >= 11 is 1.40. The highest BCUT2D eigenvalue weighted by Gasteiger charge is 2.18. The van der Waals surface area contributed by atoms with Gasteiger partial charge in [-0.2, -0.15) is 0 Å². The molecule has 0 fully saturated rings. The second-order valence-electron chi connectivity index (χ2n) is 6.29. The molecule has 5 nitrogen and oxygen atoms in total. The molecule has 0 bridgehead atoms. The number of fused-ring (bicyclic) bond motifs is 1. The molecule has 1 N–H and O–H groups in total. The van der Waals surface area contributed by atoms with Crippen LogP contribution in [0.15, 0.2) is 54.7 Å². The minimum atomic E-state index is -0.108. The number of benzene rings is 2. The molecule has 2 aromatic heterocycles. The lowest BCUT2D eigenvalue weighted by molar-refractivity contribution is 0.102. The van der Waals surface area contributed by atoms with Gasteiger partial charge in [0, 0.05) is 23.1 Å². The minimum Gasteiger partial charge on any atom is -0.497 e. The van der Waals surface area contributed by atoms with Gasteiger partial charge < -0.3 is 10.1 Å². The maximum atomic E-state index is 12.7. The van der Waals surface area contributed by atoms with Gasteiger partial charge in [0.15, 0.2) is 4.96 Å². The summed E-state index contributed by atoms with van der Waals surface area (Å²) in [7, 11) is 1.65. The second-order valence-corrected chi connectivity index (χ2v) is 7.27. The molecule has 136 valence electrons. The SMILES string of the molecule is COc1ccc(-c2cn3c(C)c(C(=O)Nc4ccccc4C)sc3n2)cc1. The number of ether oxygens (including phenoxy) is 1. The zero-order chi connectivity index (χ0) is 19.0. The summed E-state index contributed by atoms with van der Waals surface area (Å²) in [6.45, 7) is 3.92. The van der Waals surface area contributed by atoms with Crippen LogP contribution in [0.5, 0.6) is 5.75 Å². The van der Waals surface area contributed by atoms with Gasteiger partial charge >= 0.3 is 0 Å². The number of hydrogen-bond donors (Lipinski definition) is 1. The summed E-state index contributed by atoms with van der Waals surface area (Å²) in [6.07, 6.45) is 1.97. The van der Waals surface area contributed by atoms with E-state index in [1.54, 1.807) is 7.11 Å². The van der Waals surface area contributed by atoms with E-state index in [-0.39, 0.29) is 5.91 Å². The maximum absolute atomic E-state index is 12.7. The monoisotopic (exact) mass is 377 g/mol. The van der Waals surface area contributed by atoms with E-state index in [1.165, 1.54) is 11.3 Å². The first kappa shape index (κ1) is 17.3. The highest BCUT2D eigenvalue weighted by molar-refractivity contribution is 7.19. The molecule has 2 heterocycles. The number of amides is 1. The van der Waals surface area contributed by atoms with Crippen LogP contribution in [0.25, 0.3) is 16.2 Å². The molecular formula is C21H19N3O2S. The Morgan fingerprint density at radius 2 is 1.85 bits per heavy atom. The molecule has 0 saturated heterocycles. The number of para-hydroxylation sites is 1. The number of aryl methyl sites for hydroxylation is 2. The predicted octanol–water partition coefficient (Wildman–Crippen LogP) is 4.94. The van der Waals surface area contributed by atoms with Gasteiger partial charge in [-0.25, -0.2) is 4.98 Å². The number of rotatable bonds is 4. The Hall–Kier alpha value is -3.12. The van der Waals surface area contributed by atoms with E-state index in [1.807, 2.05) is 73.0 Å². The van der Waals surface area contributed by atoms with Gasteiger partial charge in [0.1, 0.15) is 10.6 Å². The third-order valence-electron chi connectivity index (χ3n) is 4.54. The normalized spacial score (nSPS) is 10.9. The third-order valence-corrected chi connectivity index (χ3v) is 5.70. The van der Waals surface area contributed by atoms with Gasteiger partial charge in [0.25, 0.3) is 5.91 Å². The van der Waals surface area contributed by atoms with Crippen LogP contribution in [-0.2, 0) is 0 Å². The molecule has 27 heavy (non-hydrogen) atoms. The number of carbonyl (C=O) groups excluding carboxylic acids is 1. The highest BCUT2D eigenvalue weighted by atomic mass is 32.1. The lowest BCUT2D eigenvalue weighted by atomic mass is 10.2. The number of nitrogens with zero attached hydrogens (tertiary/aromatic N) is 2. The van der Waals surface area contributed by atoms with E-state index in [0.29, 0.717) is 4.88 Å². The van der Waals surface area contributed by atoms with Gasteiger partial charge in [-0.1, -0.05) is 29.5 Å². The summed E-state index contributed by atoms with van der Waals surface area (Å²) in [4.78, 5) is 18.9. The molecule has 0 aliphatic heterocycles. The number of nitrogens with one attached hydrogen (secondary N) is 1. The van der Waals surface area contributed by atoms with Crippen molar-refractivity contribution in [3.05, 3.63) is 70.9 Å². The van der Waals surface area contributed by atoms with Crippen LogP contribution < -0.4 is 10.1 Å². The molecule has 0 aliphatic carbocycles. The lowest BCUT2D eigenvalue weighted by Crippen LogP contribution is -2.12. The van der Waals surface area contributed by atoms with Gasteiger partial charge in [0.2, 0.25) is 0 Å². The van der Waals surface area contributed by atoms with Crippen LogP contribution >= 0.6 is 11.3 Å². The fourth-order valence-electron chi connectivity index (χ4n) is 2.95. The van der Waals surface area contributed by atoms with Crippen LogP contribution in [0, 0.1) is 13.8 Å². The first-order valence-corrected chi connectivity index (χ1v) is 9.38. The van der Waals surface area contributed by atoms with Crippen LogP contribution in [0.1, 0.15) is 20.9 Å². The molecule has 0 radical (unpaired) electrons. The first-order valence-electron chi connectivity index (χ1n) is 8.56. The van der Waals surface area contributed by atoms with Crippen molar-refractivity contribution in [3.63, 3.8) is 0 Å². The van der Waals surface area contributed by atoms with Crippen molar-refractivity contribution in [2.75, 3.05) is 12.4 Å². The van der Waals surface area contributed by atoms with E-state index < -0.39 is 0 Å². The molecular weight excluding hydrogens is 358 g/mol. The Morgan fingerprint density at radius 3 is 2.52 bits per heavy atom. The molecule has 0 saturated carbocycles. The molecule has 4 aromatic rings. The summed E-state index contributed by atoms with van der Waals surface area (Å²) in [5, 5.41) is 2.99. The van der Waals surface area contributed by atoms with E-state index in [2.05, 4.69) is 10.3 Å². The van der Waals surface area contributed by atoms with E-state index >= 15 is 0 Å². The van der Waals surface area contributed by atoms with Crippen molar-refractivity contribution >= 4 is 27.9 Å². The lowest BCUT2D eigenvalue weighted by Gasteiger charge is -2.07. The molecule has 2 aromatic carbocycles. The standard InChI is InChI=1S/C21H19N3O2S/c1-13-6-4-5-7-17(13)22-20(25)19-14(2)24-12-18(23-21(24)27-19)15-8-10-16(26-3)11-9-15/h4-12H,1-3H3,(H,22,25). The minimum absolute atomic E-state index is 0.108. The van der Waals surface area contributed by atoms with Crippen molar-refractivity contribution in [2.45, 2.75) is 13.8 Å². The Labute approximate surface area is 161 Å². The van der Waals surface area contributed by atoms with Gasteiger partial charge in [-0.15, -0.1) is 0 Å². The smallest absolute Gasteiger partial charge is 0.267 e. The number of carbonyl (C=O) groups is 1. The van der Waals surface area contributed by atoms with Crippen molar-refractivity contribution in [3.8, 4) is 17.0 Å². The van der Waals surface area contributed by atoms with Gasteiger partial charge in [-0.05, 0) is 49.7 Å². The number of imidazole rings is 1. The van der Waals surface area contributed by atoms with Crippen LogP contribution in [0.4, 0.5) is 5.69 Å². The number of hydrogen-bond acceptors (Lipinski definition) is 4. The van der Waals surface area contributed by atoms with E-state index in [0.717, 1.165) is 38.9 Å².